The summed E-state index contributed by atoms with van der Waals surface area (Å²) < 4.78 is 0. The van der Waals surface area contributed by atoms with E-state index >= 15 is 0 Å². The molecule has 1 aliphatic rings. The molecular weight excluding hydrogens is 232 g/mol. The van der Waals surface area contributed by atoms with Gasteiger partial charge in [-0.25, -0.2) is 4.79 Å². The molecule has 1 heterocycles. The number of likely N-dealkylation sites (tertiary alicyclic amines) is 1. The number of carbonyl (C=O) groups is 2. The predicted molar refractivity (Wildman–Crippen MR) is 69.5 cm³/mol. The number of amides is 2. The molecule has 5 heteroatoms. The zero-order valence-electron chi connectivity index (χ0n) is 11.2. The van der Waals surface area contributed by atoms with E-state index in [1.54, 1.807) is 0 Å². The number of hydrogen-bond acceptors (Lipinski definition) is 2. The third-order valence-electron chi connectivity index (χ3n) is 3.45. The van der Waals surface area contributed by atoms with Gasteiger partial charge in [-0.3, -0.25) is 4.79 Å². The second-order valence-electron chi connectivity index (χ2n) is 4.83. The third-order valence-corrected chi connectivity index (χ3v) is 3.45. The molecule has 104 valence electrons. The van der Waals surface area contributed by atoms with Crippen molar-refractivity contribution in [3.8, 4) is 0 Å². The largest absolute Gasteiger partial charge is 0.481 e. The Morgan fingerprint density at radius 3 is 2.78 bits per heavy atom. The van der Waals surface area contributed by atoms with Gasteiger partial charge in [0.1, 0.15) is 0 Å². The Morgan fingerprint density at radius 1 is 1.33 bits per heavy atom. The maximum atomic E-state index is 11.9. The summed E-state index contributed by atoms with van der Waals surface area (Å²) in [5.74, 6) is -0.748. The van der Waals surface area contributed by atoms with Gasteiger partial charge in [-0.1, -0.05) is 13.3 Å². The molecule has 0 spiro atoms. The average molecular weight is 256 g/mol. The van der Waals surface area contributed by atoms with E-state index in [1.165, 1.54) is 0 Å². The van der Waals surface area contributed by atoms with Crippen molar-refractivity contribution >= 4 is 12.0 Å². The molecule has 2 amide bonds. The normalized spacial score (nSPS) is 18.9. The molecule has 2 N–H and O–H groups in total. The van der Waals surface area contributed by atoms with Crippen LogP contribution in [0.3, 0.4) is 0 Å². The van der Waals surface area contributed by atoms with Crippen LogP contribution in [0.15, 0.2) is 0 Å². The quantitative estimate of drug-likeness (QED) is 0.686. The smallest absolute Gasteiger partial charge is 0.317 e. The Labute approximate surface area is 109 Å². The van der Waals surface area contributed by atoms with E-state index in [-0.39, 0.29) is 12.5 Å². The van der Waals surface area contributed by atoms with Crippen LogP contribution in [0.1, 0.15) is 51.9 Å². The van der Waals surface area contributed by atoms with Crippen LogP contribution in [0.25, 0.3) is 0 Å². The summed E-state index contributed by atoms with van der Waals surface area (Å²) in [5, 5.41) is 11.4. The molecule has 0 aromatic heterocycles. The highest BCUT2D eigenvalue weighted by atomic mass is 16.4. The number of carboxylic acids is 1. The van der Waals surface area contributed by atoms with Crippen LogP contribution in [0, 0.1) is 0 Å². The SMILES string of the molecule is CCC1CCCN1C(=O)NCCCCCC(=O)O. The highest BCUT2D eigenvalue weighted by molar-refractivity contribution is 5.74. The molecule has 18 heavy (non-hydrogen) atoms. The fraction of sp³-hybridized carbons (Fsp3) is 0.846. The summed E-state index contributed by atoms with van der Waals surface area (Å²) in [6.07, 6.45) is 5.84. The second-order valence-corrected chi connectivity index (χ2v) is 4.83. The predicted octanol–water partition coefficient (Wildman–Crippen LogP) is 2.22. The zero-order valence-corrected chi connectivity index (χ0v) is 11.2. The zero-order chi connectivity index (χ0) is 13.4. The first-order valence-corrected chi connectivity index (χ1v) is 6.91. The van der Waals surface area contributed by atoms with E-state index in [0.717, 1.165) is 38.6 Å². The molecule has 0 bridgehead atoms. The van der Waals surface area contributed by atoms with Gasteiger partial charge in [0.05, 0.1) is 0 Å². The summed E-state index contributed by atoms with van der Waals surface area (Å²) >= 11 is 0. The Hall–Kier alpha value is -1.26. The number of unbranched alkanes of at least 4 members (excludes halogenated alkanes) is 2. The van der Waals surface area contributed by atoms with Crippen molar-refractivity contribution < 1.29 is 14.7 Å². The van der Waals surface area contributed by atoms with Gasteiger partial charge in [-0.05, 0) is 32.1 Å². The van der Waals surface area contributed by atoms with Crippen LogP contribution in [-0.4, -0.2) is 41.1 Å². The first-order chi connectivity index (χ1) is 8.65. The number of urea groups is 1. The molecule has 1 fully saturated rings. The number of aliphatic carboxylic acids is 1. The van der Waals surface area contributed by atoms with Gasteiger partial charge in [0, 0.05) is 25.6 Å². The molecule has 0 saturated carbocycles. The third kappa shape index (κ3) is 4.94. The lowest BCUT2D eigenvalue weighted by Crippen LogP contribution is -2.42. The number of nitrogens with one attached hydrogen (secondary N) is 1. The van der Waals surface area contributed by atoms with Gasteiger partial charge in [0.2, 0.25) is 0 Å². The van der Waals surface area contributed by atoms with Crippen molar-refractivity contribution in [2.45, 2.75) is 57.9 Å². The fourth-order valence-electron chi connectivity index (χ4n) is 2.40. The Morgan fingerprint density at radius 2 is 2.11 bits per heavy atom. The molecule has 5 nitrogen and oxygen atoms in total. The van der Waals surface area contributed by atoms with Crippen molar-refractivity contribution in [1.29, 1.82) is 0 Å². The second kappa shape index (κ2) is 7.95. The Balaban J connectivity index is 2.08. The first kappa shape index (κ1) is 14.8. The van der Waals surface area contributed by atoms with Gasteiger partial charge < -0.3 is 15.3 Å². The fourth-order valence-corrected chi connectivity index (χ4v) is 2.40. The molecule has 1 atom stereocenters. The van der Waals surface area contributed by atoms with Gasteiger partial charge in [-0.15, -0.1) is 0 Å². The monoisotopic (exact) mass is 256 g/mol. The molecule has 1 saturated heterocycles. The van der Waals surface area contributed by atoms with Crippen LogP contribution in [-0.2, 0) is 4.79 Å². The number of hydrogen-bond donors (Lipinski definition) is 2. The summed E-state index contributed by atoms with van der Waals surface area (Å²) in [6, 6.07) is 0.439. The van der Waals surface area contributed by atoms with E-state index in [2.05, 4.69) is 12.2 Å². The number of carbonyl (C=O) groups excluding carboxylic acids is 1. The first-order valence-electron chi connectivity index (χ1n) is 6.91. The Kier molecular flexibility index (Phi) is 6.54. The highest BCUT2D eigenvalue weighted by Gasteiger charge is 2.26. The lowest BCUT2D eigenvalue weighted by Gasteiger charge is -2.23. The van der Waals surface area contributed by atoms with Crippen molar-refractivity contribution in [1.82, 2.24) is 10.2 Å². The lowest BCUT2D eigenvalue weighted by atomic mass is 10.2. The highest BCUT2D eigenvalue weighted by Crippen LogP contribution is 2.19. The molecule has 0 aliphatic carbocycles. The number of carboxylic acid groups (broad SMARTS) is 1. The number of rotatable bonds is 7. The minimum Gasteiger partial charge on any atom is -0.481 e. The van der Waals surface area contributed by atoms with Crippen LogP contribution in [0.5, 0.6) is 0 Å². The maximum absolute atomic E-state index is 11.9. The summed E-state index contributed by atoms with van der Waals surface area (Å²) in [4.78, 5) is 24.1. The van der Waals surface area contributed by atoms with Crippen LogP contribution in [0.2, 0.25) is 0 Å². The summed E-state index contributed by atoms with van der Waals surface area (Å²) in [7, 11) is 0. The van der Waals surface area contributed by atoms with Crippen LogP contribution < -0.4 is 5.32 Å². The van der Waals surface area contributed by atoms with E-state index in [9.17, 15) is 9.59 Å². The van der Waals surface area contributed by atoms with E-state index in [1.807, 2.05) is 4.90 Å². The topological polar surface area (TPSA) is 69.6 Å². The standard InChI is InChI=1S/C13H24N2O3/c1-2-11-7-6-10-15(11)13(18)14-9-5-3-4-8-12(16)17/h11H,2-10H2,1H3,(H,14,18)(H,16,17). The molecule has 0 aromatic carbocycles. The molecule has 0 radical (unpaired) electrons. The van der Waals surface area contributed by atoms with Gasteiger partial charge >= 0.3 is 12.0 Å². The average Bonchev–Trinajstić information content (AvgIpc) is 2.81. The van der Waals surface area contributed by atoms with Crippen molar-refractivity contribution in [3.63, 3.8) is 0 Å². The van der Waals surface area contributed by atoms with Gasteiger partial charge in [-0.2, -0.15) is 0 Å². The summed E-state index contributed by atoms with van der Waals surface area (Å²) in [6.45, 7) is 3.62. The molecule has 1 aliphatic heterocycles. The van der Waals surface area contributed by atoms with E-state index in [4.69, 9.17) is 5.11 Å². The van der Waals surface area contributed by atoms with E-state index < -0.39 is 5.97 Å². The van der Waals surface area contributed by atoms with E-state index in [0.29, 0.717) is 19.0 Å². The minimum atomic E-state index is -0.748. The van der Waals surface area contributed by atoms with Gasteiger partial charge in [0.15, 0.2) is 0 Å². The number of nitrogens with zero attached hydrogens (tertiary/aromatic N) is 1. The van der Waals surface area contributed by atoms with Crippen molar-refractivity contribution in [2.75, 3.05) is 13.1 Å². The van der Waals surface area contributed by atoms with Crippen LogP contribution in [0.4, 0.5) is 4.79 Å². The minimum absolute atomic E-state index is 0.0394. The molecule has 1 rings (SSSR count). The lowest BCUT2D eigenvalue weighted by molar-refractivity contribution is -0.137. The molecule has 0 aromatic rings. The van der Waals surface area contributed by atoms with Crippen molar-refractivity contribution in [2.24, 2.45) is 0 Å². The molecular formula is C13H24N2O3. The van der Waals surface area contributed by atoms with Crippen LogP contribution >= 0.6 is 0 Å². The van der Waals surface area contributed by atoms with Gasteiger partial charge in [0.25, 0.3) is 0 Å². The summed E-state index contributed by atoms with van der Waals surface area (Å²) in [5.41, 5.74) is 0. The molecule has 1 unspecified atom stereocenters. The maximum Gasteiger partial charge on any atom is 0.317 e. The Bertz CT molecular complexity index is 281. The van der Waals surface area contributed by atoms with Crippen molar-refractivity contribution in [3.05, 3.63) is 0 Å².